The lowest BCUT2D eigenvalue weighted by Gasteiger charge is -2.32. The third-order valence-corrected chi connectivity index (χ3v) is 9.75. The molecule has 2 fully saturated rings. The third-order valence-electron chi connectivity index (χ3n) is 9.75. The maximum Gasteiger partial charge on any atom is 0.256 e. The van der Waals surface area contributed by atoms with Crippen molar-refractivity contribution in [2.24, 2.45) is 5.92 Å². The monoisotopic (exact) mass is 639 g/mol. The van der Waals surface area contributed by atoms with Gasteiger partial charge in [-0.25, -0.2) is 18.2 Å². The molecule has 1 saturated heterocycles. The molecule has 1 amide bonds. The van der Waals surface area contributed by atoms with Crippen LogP contribution in [0.15, 0.2) is 78.9 Å². The third kappa shape index (κ3) is 7.09. The Morgan fingerprint density at radius 2 is 1.77 bits per heavy atom. The number of aromatic nitrogens is 2. The van der Waals surface area contributed by atoms with Crippen LogP contribution in [-0.4, -0.2) is 33.4 Å². The van der Waals surface area contributed by atoms with E-state index in [0.717, 1.165) is 39.7 Å². The van der Waals surface area contributed by atoms with Gasteiger partial charge in [0.25, 0.3) is 5.91 Å². The number of alkyl halides is 2. The number of aryl methyl sites for hydroxylation is 1. The molecule has 47 heavy (non-hydrogen) atoms. The molecule has 1 aliphatic heterocycles. The van der Waals surface area contributed by atoms with Crippen molar-refractivity contribution >= 4 is 22.5 Å². The smallest absolute Gasteiger partial charge is 0.256 e. The maximum atomic E-state index is 15.9. The molecule has 1 saturated carbocycles. The molecular formula is C40H44F3N3O. The van der Waals surface area contributed by atoms with E-state index in [-0.39, 0.29) is 17.4 Å². The molecule has 0 radical (unpaired) electrons. The molecule has 2 unspecified atom stereocenters. The highest BCUT2D eigenvalue weighted by atomic mass is 19.1. The first-order chi connectivity index (χ1) is 22.6. The van der Waals surface area contributed by atoms with Gasteiger partial charge in [0.05, 0.1) is 16.6 Å². The zero-order valence-electron chi connectivity index (χ0n) is 27.6. The van der Waals surface area contributed by atoms with Crippen molar-refractivity contribution in [1.82, 2.24) is 14.5 Å². The number of likely N-dealkylation sites (tertiary alicyclic amines) is 1. The highest BCUT2D eigenvalue weighted by Crippen LogP contribution is 2.38. The molecule has 4 nitrogen and oxygen atoms in total. The summed E-state index contributed by atoms with van der Waals surface area (Å²) < 4.78 is 47.1. The summed E-state index contributed by atoms with van der Waals surface area (Å²) in [6, 6.07) is 18.0. The Morgan fingerprint density at radius 1 is 1.02 bits per heavy atom. The quantitative estimate of drug-likeness (QED) is 0.153. The summed E-state index contributed by atoms with van der Waals surface area (Å²) in [5.74, 6) is 0.487. The maximum absolute atomic E-state index is 15.9. The van der Waals surface area contributed by atoms with Gasteiger partial charge in [-0.2, -0.15) is 0 Å². The van der Waals surface area contributed by atoms with Gasteiger partial charge in [-0.3, -0.25) is 9.36 Å². The van der Waals surface area contributed by atoms with Crippen LogP contribution in [0, 0.1) is 18.7 Å². The number of para-hydroxylation sites is 2. The van der Waals surface area contributed by atoms with Gasteiger partial charge < -0.3 is 4.90 Å². The number of benzene rings is 3. The Bertz CT molecular complexity index is 1810. The van der Waals surface area contributed by atoms with E-state index in [9.17, 15) is 9.18 Å². The molecule has 3 aromatic carbocycles. The number of carbonyl (C=O) groups excluding carboxylic acids is 1. The molecule has 246 valence electrons. The summed E-state index contributed by atoms with van der Waals surface area (Å²) in [5.41, 5.74) is 6.32. The molecule has 2 aliphatic rings. The molecule has 2 heterocycles. The second-order valence-electron chi connectivity index (χ2n) is 13.3. The van der Waals surface area contributed by atoms with Gasteiger partial charge in [0, 0.05) is 19.0 Å². The highest BCUT2D eigenvalue weighted by Gasteiger charge is 2.31. The topological polar surface area (TPSA) is 38.1 Å². The van der Waals surface area contributed by atoms with Crippen molar-refractivity contribution in [3.05, 3.63) is 118 Å². The molecule has 0 N–H and O–H groups in total. The number of fused-ring (bicyclic) bond motifs is 1. The summed E-state index contributed by atoms with van der Waals surface area (Å²) in [6.45, 7) is 10.3. The number of rotatable bonds is 11. The molecule has 6 rings (SSSR count). The van der Waals surface area contributed by atoms with Gasteiger partial charge in [-0.05, 0) is 123 Å². The van der Waals surface area contributed by atoms with Crippen LogP contribution in [0.3, 0.4) is 0 Å². The average molecular weight is 640 g/mol. The SMILES string of the molecule is C=C(C/C=C(/c1cccc(C(C)F)c1)c1cc(F)c(C(=O)N2CCC(c3nc4ccccc4n3C(F)CC)CC2)cc1C)CC1CC1. The predicted octanol–water partition coefficient (Wildman–Crippen LogP) is 10.6. The van der Waals surface area contributed by atoms with Crippen LogP contribution < -0.4 is 0 Å². The summed E-state index contributed by atoms with van der Waals surface area (Å²) in [6.07, 6.45) is 5.43. The van der Waals surface area contributed by atoms with Crippen molar-refractivity contribution < 1.29 is 18.0 Å². The van der Waals surface area contributed by atoms with E-state index in [4.69, 9.17) is 4.98 Å². The fraction of sp³-hybridized carbons (Fsp3) is 0.400. The van der Waals surface area contributed by atoms with Crippen LogP contribution >= 0.6 is 0 Å². The number of halogens is 3. The number of hydrogen-bond donors (Lipinski definition) is 0. The Hall–Kier alpha value is -4.13. The molecule has 0 bridgehead atoms. The van der Waals surface area contributed by atoms with Crippen LogP contribution in [0.2, 0.25) is 0 Å². The number of imidazole rings is 1. The van der Waals surface area contributed by atoms with Crippen molar-refractivity contribution in [2.75, 3.05) is 13.1 Å². The van der Waals surface area contributed by atoms with Gasteiger partial charge in [0.1, 0.15) is 17.8 Å². The van der Waals surface area contributed by atoms with Gasteiger partial charge in [0.15, 0.2) is 6.30 Å². The first-order valence-corrected chi connectivity index (χ1v) is 17.0. The number of carbonyl (C=O) groups is 1. The fourth-order valence-electron chi connectivity index (χ4n) is 6.87. The second-order valence-corrected chi connectivity index (χ2v) is 13.3. The average Bonchev–Trinajstić information content (AvgIpc) is 3.81. The van der Waals surface area contributed by atoms with Gasteiger partial charge >= 0.3 is 0 Å². The molecule has 7 heteroatoms. The zero-order chi connectivity index (χ0) is 33.2. The van der Waals surface area contributed by atoms with E-state index in [1.165, 1.54) is 25.8 Å². The minimum atomic E-state index is -1.18. The molecular weight excluding hydrogens is 595 g/mol. The van der Waals surface area contributed by atoms with Crippen LogP contribution in [0.1, 0.15) is 116 Å². The lowest BCUT2D eigenvalue weighted by Crippen LogP contribution is -2.39. The fourth-order valence-corrected chi connectivity index (χ4v) is 6.87. The Balaban J connectivity index is 1.23. The van der Waals surface area contributed by atoms with Crippen molar-refractivity contribution in [3.63, 3.8) is 0 Å². The van der Waals surface area contributed by atoms with E-state index in [2.05, 4.69) is 12.7 Å². The van der Waals surface area contributed by atoms with Crippen molar-refractivity contribution in [2.45, 2.75) is 84.1 Å². The molecule has 0 spiro atoms. The number of amides is 1. The lowest BCUT2D eigenvalue weighted by atomic mass is 9.89. The van der Waals surface area contributed by atoms with Crippen molar-refractivity contribution in [3.8, 4) is 0 Å². The van der Waals surface area contributed by atoms with Crippen LogP contribution in [-0.2, 0) is 0 Å². The Morgan fingerprint density at radius 3 is 2.47 bits per heavy atom. The largest absolute Gasteiger partial charge is 0.339 e. The second kappa shape index (κ2) is 13.9. The Labute approximate surface area is 276 Å². The van der Waals surface area contributed by atoms with Gasteiger partial charge in [-0.1, -0.05) is 55.5 Å². The first kappa shape index (κ1) is 32.8. The van der Waals surface area contributed by atoms with E-state index < -0.39 is 18.3 Å². The van der Waals surface area contributed by atoms with Crippen LogP contribution in [0.5, 0.6) is 0 Å². The molecule has 4 aromatic rings. The van der Waals surface area contributed by atoms with Crippen LogP contribution in [0.4, 0.5) is 13.2 Å². The number of piperidine rings is 1. The summed E-state index contributed by atoms with van der Waals surface area (Å²) in [5, 5.41) is 0. The standard InChI is InChI=1S/C40H44F3N3O/c1-5-38(43)46-37-12-7-6-11-36(37)44-39(46)29-17-19-45(20-18-29)40(47)34-22-26(3)33(24-35(34)42)32(16-13-25(2)21-28-14-15-28)31-10-8-9-30(23-31)27(4)41/h6-12,16,22-24,27-29,38H,2,5,13-15,17-21H2,1,3-4H3/b32-16-. The predicted molar refractivity (Wildman–Crippen MR) is 183 cm³/mol. The van der Waals surface area contributed by atoms with Crippen molar-refractivity contribution in [1.29, 1.82) is 0 Å². The molecule has 1 aromatic heterocycles. The summed E-state index contributed by atoms with van der Waals surface area (Å²) in [4.78, 5) is 20.2. The number of allylic oxidation sites excluding steroid dienone is 2. The minimum Gasteiger partial charge on any atom is -0.339 e. The number of hydrogen-bond acceptors (Lipinski definition) is 2. The summed E-state index contributed by atoms with van der Waals surface area (Å²) >= 11 is 0. The van der Waals surface area contributed by atoms with E-state index in [1.54, 1.807) is 21.6 Å². The highest BCUT2D eigenvalue weighted by molar-refractivity contribution is 5.96. The van der Waals surface area contributed by atoms with Crippen LogP contribution in [0.25, 0.3) is 16.6 Å². The van der Waals surface area contributed by atoms with E-state index >= 15 is 8.78 Å². The summed E-state index contributed by atoms with van der Waals surface area (Å²) in [7, 11) is 0. The zero-order valence-corrected chi connectivity index (χ0v) is 27.6. The molecule has 1 aliphatic carbocycles. The molecule has 2 atom stereocenters. The Kier molecular flexibility index (Phi) is 9.72. The first-order valence-electron chi connectivity index (χ1n) is 17.0. The number of nitrogens with zero attached hydrogens (tertiary/aromatic N) is 3. The van der Waals surface area contributed by atoms with Gasteiger partial charge in [0.2, 0.25) is 0 Å². The minimum absolute atomic E-state index is 0.00428. The lowest BCUT2D eigenvalue weighted by molar-refractivity contribution is 0.0703. The van der Waals surface area contributed by atoms with E-state index in [0.29, 0.717) is 61.6 Å². The normalized spacial score (nSPS) is 17.2. The van der Waals surface area contributed by atoms with E-state index in [1.807, 2.05) is 56.3 Å². The van der Waals surface area contributed by atoms with Gasteiger partial charge in [-0.15, -0.1) is 0 Å².